The molecule has 5 heteroatoms. The molecule has 3 rings (SSSR count). The fourth-order valence-corrected chi connectivity index (χ4v) is 2.96. The summed E-state index contributed by atoms with van der Waals surface area (Å²) in [4.78, 5) is 13.0. The Morgan fingerprint density at radius 1 is 1.32 bits per heavy atom. The van der Waals surface area contributed by atoms with Crippen LogP contribution in [0.25, 0.3) is 0 Å². The van der Waals surface area contributed by atoms with Gasteiger partial charge >= 0.3 is 0 Å². The predicted octanol–water partition coefficient (Wildman–Crippen LogP) is 2.91. The number of carbonyl (C=O) groups excluding carboxylic acids is 1. The largest absolute Gasteiger partial charge is 0.309 e. The molecule has 1 aromatic carbocycles. The molecule has 98 valence electrons. The van der Waals surface area contributed by atoms with E-state index < -0.39 is 0 Å². The van der Waals surface area contributed by atoms with Crippen LogP contribution in [0.15, 0.2) is 29.2 Å². The average molecular weight is 273 g/mol. The molecule has 0 radical (unpaired) electrons. The molecule has 2 heterocycles. The van der Waals surface area contributed by atoms with Crippen LogP contribution in [-0.2, 0) is 4.79 Å². The predicted molar refractivity (Wildman–Crippen MR) is 76.6 cm³/mol. The molecule has 0 bridgehead atoms. The topological polar surface area (TPSA) is 57.8 Å². The van der Waals surface area contributed by atoms with Gasteiger partial charge < -0.3 is 5.32 Å². The molecule has 1 atom stereocenters. The van der Waals surface area contributed by atoms with Crippen molar-refractivity contribution in [3.05, 3.63) is 41.1 Å². The number of rotatable bonds is 2. The van der Waals surface area contributed by atoms with E-state index >= 15 is 0 Å². The van der Waals surface area contributed by atoms with Gasteiger partial charge in [-0.15, -0.1) is 11.8 Å². The third-order valence-electron chi connectivity index (χ3n) is 3.51. The van der Waals surface area contributed by atoms with Gasteiger partial charge in [0.25, 0.3) is 0 Å². The van der Waals surface area contributed by atoms with Crippen LogP contribution in [0.5, 0.6) is 0 Å². The second-order valence-corrected chi connectivity index (χ2v) is 5.57. The van der Waals surface area contributed by atoms with E-state index in [-0.39, 0.29) is 11.8 Å². The summed E-state index contributed by atoms with van der Waals surface area (Å²) in [6.45, 7) is 1.99. The fourth-order valence-electron chi connectivity index (χ4n) is 2.55. The first-order valence-corrected chi connectivity index (χ1v) is 7.40. The summed E-state index contributed by atoms with van der Waals surface area (Å²) in [5.41, 5.74) is 3.30. The summed E-state index contributed by atoms with van der Waals surface area (Å²) in [6.07, 6.45) is 2.54. The number of aromatic amines is 1. The van der Waals surface area contributed by atoms with E-state index in [0.717, 1.165) is 11.3 Å². The fraction of sp³-hybridized carbons (Fsp3) is 0.286. The van der Waals surface area contributed by atoms with Crippen molar-refractivity contribution in [3.8, 4) is 0 Å². The van der Waals surface area contributed by atoms with E-state index in [2.05, 4.69) is 46.0 Å². The zero-order valence-corrected chi connectivity index (χ0v) is 11.7. The highest BCUT2D eigenvalue weighted by molar-refractivity contribution is 7.98. The molecule has 2 N–H and O–H groups in total. The summed E-state index contributed by atoms with van der Waals surface area (Å²) in [6, 6.07) is 8.40. The summed E-state index contributed by atoms with van der Waals surface area (Å²) in [5, 5.41) is 9.93. The molecule has 1 aromatic heterocycles. The number of H-pyrrole nitrogens is 1. The number of hydrogen-bond acceptors (Lipinski definition) is 3. The number of hydrogen-bond donors (Lipinski definition) is 2. The molecular formula is C14H15N3OS. The lowest BCUT2D eigenvalue weighted by Gasteiger charge is -2.23. The molecular weight excluding hydrogens is 258 g/mol. The van der Waals surface area contributed by atoms with Gasteiger partial charge in [0.15, 0.2) is 5.82 Å². The lowest BCUT2D eigenvalue weighted by molar-refractivity contribution is -0.116. The average Bonchev–Trinajstić information content (AvgIpc) is 2.79. The molecule has 0 fully saturated rings. The Morgan fingerprint density at radius 2 is 2.05 bits per heavy atom. The van der Waals surface area contributed by atoms with Gasteiger partial charge in [0.1, 0.15) is 0 Å². The molecule has 0 saturated carbocycles. The van der Waals surface area contributed by atoms with E-state index in [1.807, 2.05) is 6.92 Å². The van der Waals surface area contributed by atoms with Crippen LogP contribution in [0.2, 0.25) is 0 Å². The summed E-state index contributed by atoms with van der Waals surface area (Å²) < 4.78 is 0. The molecule has 0 saturated heterocycles. The van der Waals surface area contributed by atoms with Crippen molar-refractivity contribution in [1.82, 2.24) is 10.2 Å². The van der Waals surface area contributed by atoms with Crippen LogP contribution in [0.3, 0.4) is 0 Å². The minimum Gasteiger partial charge on any atom is -0.309 e. The zero-order valence-electron chi connectivity index (χ0n) is 10.9. The Morgan fingerprint density at radius 3 is 2.74 bits per heavy atom. The van der Waals surface area contributed by atoms with E-state index in [9.17, 15) is 4.79 Å². The SMILES string of the molecule is CSc1ccc(C2CC(=O)Nc3n[nH]c(C)c32)cc1. The van der Waals surface area contributed by atoms with Crippen molar-refractivity contribution in [2.75, 3.05) is 11.6 Å². The minimum atomic E-state index is 0.0259. The van der Waals surface area contributed by atoms with Crippen LogP contribution in [0, 0.1) is 6.92 Å². The van der Waals surface area contributed by atoms with Crippen molar-refractivity contribution in [1.29, 1.82) is 0 Å². The van der Waals surface area contributed by atoms with Crippen molar-refractivity contribution in [2.45, 2.75) is 24.2 Å². The van der Waals surface area contributed by atoms with Crippen LogP contribution in [0.4, 0.5) is 5.82 Å². The van der Waals surface area contributed by atoms with Crippen LogP contribution in [0.1, 0.15) is 29.2 Å². The van der Waals surface area contributed by atoms with Crippen molar-refractivity contribution >= 4 is 23.5 Å². The maximum atomic E-state index is 11.8. The summed E-state index contributed by atoms with van der Waals surface area (Å²) in [5.74, 6) is 0.795. The molecule has 2 aromatic rings. The Balaban J connectivity index is 2.04. The van der Waals surface area contributed by atoms with Crippen LogP contribution >= 0.6 is 11.8 Å². The second kappa shape index (κ2) is 4.74. The van der Waals surface area contributed by atoms with Gasteiger partial charge in [0.2, 0.25) is 5.91 Å². The number of aromatic nitrogens is 2. The molecule has 1 amide bonds. The van der Waals surface area contributed by atoms with Gasteiger partial charge in [-0.25, -0.2) is 0 Å². The van der Waals surface area contributed by atoms with Crippen molar-refractivity contribution in [2.24, 2.45) is 0 Å². The molecule has 1 aliphatic rings. The smallest absolute Gasteiger partial charge is 0.226 e. The van der Waals surface area contributed by atoms with E-state index in [1.54, 1.807) is 11.8 Å². The molecule has 0 spiro atoms. The molecule has 1 unspecified atom stereocenters. The molecule has 4 nitrogen and oxygen atoms in total. The third-order valence-corrected chi connectivity index (χ3v) is 4.25. The van der Waals surface area contributed by atoms with Crippen molar-refractivity contribution in [3.63, 3.8) is 0 Å². The van der Waals surface area contributed by atoms with E-state index in [1.165, 1.54) is 10.5 Å². The van der Waals surface area contributed by atoms with Crippen molar-refractivity contribution < 1.29 is 4.79 Å². The number of benzene rings is 1. The summed E-state index contributed by atoms with van der Waals surface area (Å²) >= 11 is 1.72. The molecule has 1 aliphatic heterocycles. The number of nitrogens with zero attached hydrogens (tertiary/aromatic N) is 1. The maximum Gasteiger partial charge on any atom is 0.226 e. The Labute approximate surface area is 116 Å². The first-order chi connectivity index (χ1) is 9.19. The minimum absolute atomic E-state index is 0.0259. The van der Waals surface area contributed by atoms with Gasteiger partial charge in [0.05, 0.1) is 0 Å². The highest BCUT2D eigenvalue weighted by Gasteiger charge is 2.30. The highest BCUT2D eigenvalue weighted by Crippen LogP contribution is 2.38. The van der Waals surface area contributed by atoms with E-state index in [0.29, 0.717) is 12.2 Å². The number of amides is 1. The number of anilines is 1. The van der Waals surface area contributed by atoms with Gasteiger partial charge in [-0.05, 0) is 30.9 Å². The second-order valence-electron chi connectivity index (χ2n) is 4.69. The van der Waals surface area contributed by atoms with Gasteiger partial charge in [-0.3, -0.25) is 9.89 Å². The van der Waals surface area contributed by atoms with Gasteiger partial charge in [-0.1, -0.05) is 12.1 Å². The molecule has 0 aliphatic carbocycles. The lowest BCUT2D eigenvalue weighted by Crippen LogP contribution is -2.23. The standard InChI is InChI=1S/C14H15N3OS/c1-8-13-11(7-12(18)15-14(13)17-16-8)9-3-5-10(19-2)6-4-9/h3-6,11H,7H2,1-2H3,(H2,15,16,17,18). The van der Waals surface area contributed by atoms with Gasteiger partial charge in [0, 0.05) is 28.5 Å². The number of fused-ring (bicyclic) bond motifs is 1. The Hall–Kier alpha value is -1.75. The lowest BCUT2D eigenvalue weighted by atomic mass is 9.86. The number of carbonyl (C=O) groups is 1. The number of aryl methyl sites for hydroxylation is 1. The van der Waals surface area contributed by atoms with E-state index in [4.69, 9.17) is 0 Å². The third kappa shape index (κ3) is 2.14. The normalized spacial score (nSPS) is 18.0. The monoisotopic (exact) mass is 273 g/mol. The Bertz CT molecular complexity index is 618. The quantitative estimate of drug-likeness (QED) is 0.827. The highest BCUT2D eigenvalue weighted by atomic mass is 32.2. The first kappa shape index (κ1) is 12.3. The summed E-state index contributed by atoms with van der Waals surface area (Å²) in [7, 11) is 0. The van der Waals surface area contributed by atoms with Crippen LogP contribution in [-0.4, -0.2) is 22.4 Å². The zero-order chi connectivity index (χ0) is 13.4. The number of thioether (sulfide) groups is 1. The molecule has 19 heavy (non-hydrogen) atoms. The van der Waals surface area contributed by atoms with Crippen LogP contribution < -0.4 is 5.32 Å². The van der Waals surface area contributed by atoms with Gasteiger partial charge in [-0.2, -0.15) is 5.10 Å². The maximum absolute atomic E-state index is 11.8. The Kier molecular flexibility index (Phi) is 3.06. The first-order valence-electron chi connectivity index (χ1n) is 6.17. The number of nitrogens with one attached hydrogen (secondary N) is 2.